The predicted molar refractivity (Wildman–Crippen MR) is 99.1 cm³/mol. The lowest BCUT2D eigenvalue weighted by Gasteiger charge is -2.39. The summed E-state index contributed by atoms with van der Waals surface area (Å²) in [5.41, 5.74) is 0. The van der Waals surface area contributed by atoms with Gasteiger partial charge in [0, 0.05) is 0 Å². The number of hydrogen-bond donors (Lipinski definition) is 0. The Labute approximate surface area is 140 Å². The molecule has 0 N–H and O–H groups in total. The van der Waals surface area contributed by atoms with E-state index in [-0.39, 0.29) is 0 Å². The van der Waals surface area contributed by atoms with E-state index in [4.69, 9.17) is 0 Å². The highest BCUT2D eigenvalue weighted by atomic mass is 14.4. The molecule has 0 radical (unpaired) electrons. The van der Waals surface area contributed by atoms with Gasteiger partial charge in [-0.3, -0.25) is 0 Å². The van der Waals surface area contributed by atoms with Gasteiger partial charge >= 0.3 is 0 Å². The van der Waals surface area contributed by atoms with Crippen molar-refractivity contribution in [3.8, 4) is 0 Å². The molecule has 0 aromatic heterocycles. The maximum atomic E-state index is 2.60. The zero-order chi connectivity index (χ0) is 15.8. The van der Waals surface area contributed by atoms with E-state index in [0.29, 0.717) is 0 Å². The molecule has 0 nitrogen and oxygen atoms in total. The molecule has 0 aromatic carbocycles. The second-order valence-corrected chi connectivity index (χ2v) is 8.71. The SMILES string of the molecule is CCCCCC1CCC(C(C)C2CCC(CCC)CC2)CC1. The van der Waals surface area contributed by atoms with E-state index in [1.54, 1.807) is 38.5 Å². The summed E-state index contributed by atoms with van der Waals surface area (Å²) in [4.78, 5) is 0. The molecule has 0 heteroatoms. The lowest BCUT2D eigenvalue weighted by Crippen LogP contribution is -2.28. The van der Waals surface area contributed by atoms with Crippen molar-refractivity contribution in [3.05, 3.63) is 0 Å². The fourth-order valence-electron chi connectivity index (χ4n) is 5.48. The third-order valence-electron chi connectivity index (χ3n) is 7.18. The van der Waals surface area contributed by atoms with Crippen LogP contribution in [-0.2, 0) is 0 Å². The maximum absolute atomic E-state index is 2.60. The van der Waals surface area contributed by atoms with E-state index in [9.17, 15) is 0 Å². The summed E-state index contributed by atoms with van der Waals surface area (Å²) in [5.74, 6) is 5.29. The van der Waals surface area contributed by atoms with Crippen LogP contribution in [0.5, 0.6) is 0 Å². The fraction of sp³-hybridized carbons (Fsp3) is 1.00. The fourth-order valence-corrected chi connectivity index (χ4v) is 5.48. The highest BCUT2D eigenvalue weighted by molar-refractivity contribution is 4.83. The van der Waals surface area contributed by atoms with Gasteiger partial charge in [0.25, 0.3) is 0 Å². The lowest BCUT2D eigenvalue weighted by molar-refractivity contribution is 0.120. The molecule has 2 aliphatic rings. The van der Waals surface area contributed by atoms with Gasteiger partial charge in [0.15, 0.2) is 0 Å². The van der Waals surface area contributed by atoms with Gasteiger partial charge in [0.05, 0.1) is 0 Å². The average molecular weight is 307 g/mol. The van der Waals surface area contributed by atoms with Crippen LogP contribution in [0, 0.1) is 29.6 Å². The molecule has 0 aromatic rings. The molecule has 130 valence electrons. The first-order valence-electron chi connectivity index (χ1n) is 10.7. The van der Waals surface area contributed by atoms with Crippen LogP contribution in [0.25, 0.3) is 0 Å². The quantitative estimate of drug-likeness (QED) is 0.405. The smallest absolute Gasteiger partial charge is 0.0386 e. The van der Waals surface area contributed by atoms with Gasteiger partial charge in [-0.25, -0.2) is 0 Å². The van der Waals surface area contributed by atoms with Crippen molar-refractivity contribution < 1.29 is 0 Å². The van der Waals surface area contributed by atoms with E-state index in [0.717, 1.165) is 29.6 Å². The standard InChI is InChI=1S/C22H42/c1-4-6-7-9-20-12-16-22(17-13-20)18(3)21-14-10-19(8-5-2)11-15-21/h18-22H,4-17H2,1-3H3. The van der Waals surface area contributed by atoms with E-state index >= 15 is 0 Å². The molecule has 2 aliphatic carbocycles. The van der Waals surface area contributed by atoms with Crippen LogP contribution < -0.4 is 0 Å². The van der Waals surface area contributed by atoms with Crippen molar-refractivity contribution in [2.45, 2.75) is 111 Å². The summed E-state index contributed by atoms with van der Waals surface area (Å²) in [7, 11) is 0. The summed E-state index contributed by atoms with van der Waals surface area (Å²) in [6, 6.07) is 0. The molecular formula is C22H42. The van der Waals surface area contributed by atoms with Crippen molar-refractivity contribution >= 4 is 0 Å². The molecule has 0 spiro atoms. The monoisotopic (exact) mass is 306 g/mol. The third kappa shape index (κ3) is 5.57. The summed E-state index contributed by atoms with van der Waals surface area (Å²) in [6.45, 7) is 7.29. The van der Waals surface area contributed by atoms with Crippen LogP contribution in [0.4, 0.5) is 0 Å². The van der Waals surface area contributed by atoms with Crippen molar-refractivity contribution in [1.82, 2.24) is 0 Å². The average Bonchev–Trinajstić information content (AvgIpc) is 2.56. The number of rotatable bonds is 8. The van der Waals surface area contributed by atoms with Gasteiger partial charge in [-0.15, -0.1) is 0 Å². The van der Waals surface area contributed by atoms with E-state index in [2.05, 4.69) is 20.8 Å². The molecule has 1 atom stereocenters. The topological polar surface area (TPSA) is 0 Å². The summed E-state index contributed by atoms with van der Waals surface area (Å²) in [5, 5.41) is 0. The van der Waals surface area contributed by atoms with Crippen LogP contribution in [0.3, 0.4) is 0 Å². The molecule has 2 saturated carbocycles. The van der Waals surface area contributed by atoms with Crippen molar-refractivity contribution in [1.29, 1.82) is 0 Å². The Bertz CT molecular complexity index is 266. The van der Waals surface area contributed by atoms with E-state index in [1.165, 1.54) is 51.4 Å². The number of unbranched alkanes of at least 4 members (excludes halogenated alkanes) is 2. The van der Waals surface area contributed by atoms with Crippen molar-refractivity contribution in [2.75, 3.05) is 0 Å². The van der Waals surface area contributed by atoms with Gasteiger partial charge in [-0.05, 0) is 55.3 Å². The molecule has 2 fully saturated rings. The Morgan fingerprint density at radius 2 is 1.14 bits per heavy atom. The van der Waals surface area contributed by atoms with Crippen LogP contribution in [0.1, 0.15) is 111 Å². The number of hydrogen-bond acceptors (Lipinski definition) is 0. The Morgan fingerprint density at radius 1 is 0.636 bits per heavy atom. The molecule has 22 heavy (non-hydrogen) atoms. The van der Waals surface area contributed by atoms with E-state index in [1.807, 2.05) is 0 Å². The largest absolute Gasteiger partial charge is 0.0654 e. The Hall–Kier alpha value is 0. The first-order chi connectivity index (χ1) is 10.7. The molecule has 0 saturated heterocycles. The van der Waals surface area contributed by atoms with Crippen LogP contribution in [0.2, 0.25) is 0 Å². The molecular weight excluding hydrogens is 264 g/mol. The van der Waals surface area contributed by atoms with Gasteiger partial charge in [-0.2, -0.15) is 0 Å². The van der Waals surface area contributed by atoms with Crippen LogP contribution in [0.15, 0.2) is 0 Å². The molecule has 2 rings (SSSR count). The minimum absolute atomic E-state index is 1.01. The first-order valence-corrected chi connectivity index (χ1v) is 10.7. The zero-order valence-electron chi connectivity index (χ0n) is 15.8. The Morgan fingerprint density at radius 3 is 1.59 bits per heavy atom. The van der Waals surface area contributed by atoms with Gasteiger partial charge in [0.2, 0.25) is 0 Å². The minimum Gasteiger partial charge on any atom is -0.0654 e. The normalized spacial score (nSPS) is 34.5. The Kier molecular flexibility index (Phi) is 8.33. The second-order valence-electron chi connectivity index (χ2n) is 8.71. The molecule has 0 aliphatic heterocycles. The van der Waals surface area contributed by atoms with Crippen molar-refractivity contribution in [3.63, 3.8) is 0 Å². The molecule has 1 unspecified atom stereocenters. The van der Waals surface area contributed by atoms with Crippen LogP contribution >= 0.6 is 0 Å². The highest BCUT2D eigenvalue weighted by Gasteiger charge is 2.31. The molecule has 0 amide bonds. The summed E-state index contributed by atoms with van der Waals surface area (Å²) >= 11 is 0. The maximum Gasteiger partial charge on any atom is -0.0386 e. The third-order valence-corrected chi connectivity index (χ3v) is 7.18. The minimum atomic E-state index is 1.01. The predicted octanol–water partition coefficient (Wildman–Crippen LogP) is 7.62. The van der Waals surface area contributed by atoms with Gasteiger partial charge in [0.1, 0.15) is 0 Å². The Balaban J connectivity index is 1.66. The first kappa shape index (κ1) is 18.3. The lowest BCUT2D eigenvalue weighted by atomic mass is 9.67. The summed E-state index contributed by atoms with van der Waals surface area (Å²) in [6.07, 6.45) is 21.1. The summed E-state index contributed by atoms with van der Waals surface area (Å²) < 4.78 is 0. The zero-order valence-corrected chi connectivity index (χ0v) is 15.8. The second kappa shape index (κ2) is 9.99. The van der Waals surface area contributed by atoms with Gasteiger partial charge < -0.3 is 0 Å². The molecule has 0 bridgehead atoms. The van der Waals surface area contributed by atoms with E-state index < -0.39 is 0 Å². The molecule has 0 heterocycles. The van der Waals surface area contributed by atoms with Crippen molar-refractivity contribution in [2.24, 2.45) is 29.6 Å². The van der Waals surface area contributed by atoms with Crippen LogP contribution in [-0.4, -0.2) is 0 Å². The highest BCUT2D eigenvalue weighted by Crippen LogP contribution is 2.43. The van der Waals surface area contributed by atoms with Gasteiger partial charge in [-0.1, -0.05) is 85.0 Å².